The highest BCUT2D eigenvalue weighted by Crippen LogP contribution is 2.47. The van der Waals surface area contributed by atoms with Gasteiger partial charge in [-0.2, -0.15) is 0 Å². The number of alkyl carbamates (subject to hydrolysis) is 1. The second-order valence-electron chi connectivity index (χ2n) is 15.2. The van der Waals surface area contributed by atoms with E-state index in [1.807, 2.05) is 24.3 Å². The Morgan fingerprint density at radius 3 is 2.61 bits per heavy atom. The van der Waals surface area contributed by atoms with E-state index < -0.39 is 73.8 Å². The number of hydrogen-bond acceptors (Lipinski definition) is 11. The Hall–Kier alpha value is -3.92. The number of nitrogens with one attached hydrogen (secondary N) is 3. The lowest BCUT2D eigenvalue weighted by atomic mass is 10.0. The summed E-state index contributed by atoms with van der Waals surface area (Å²) in [6, 6.07) is 3.38. The van der Waals surface area contributed by atoms with Crippen LogP contribution in [0, 0.1) is 5.92 Å². The maximum absolute atomic E-state index is 14.4. The van der Waals surface area contributed by atoms with E-state index in [1.54, 1.807) is 40.9 Å². The second kappa shape index (κ2) is 13.9. The SMILES string of the molecule is COc1ccc2nc(O[C@@H]3C[C@H]4C(=O)N[C@]5(C(=O)NS(=O)(=O)C6(C)CC6)C[C@H]5C=CCCCCC[C@H](NC(=O)OC(C)(C)C)C(=O)N4C3)sc2c1. The largest absolute Gasteiger partial charge is 0.497 e. The average Bonchev–Trinajstić information content (AvgIpc) is 3.86. The van der Waals surface area contributed by atoms with E-state index in [9.17, 15) is 27.6 Å². The van der Waals surface area contributed by atoms with E-state index in [0.717, 1.165) is 17.5 Å². The van der Waals surface area contributed by atoms with Gasteiger partial charge in [0, 0.05) is 12.3 Å². The standard InChI is InChI=1S/C35H47N5O9S2/c1-33(2,3)49-31(44)36-25-12-10-8-6-7-9-11-21-19-35(21,30(43)39-51(45,46)34(4)15-16-34)38-28(41)26-17-23(20-40(26)29(25)42)48-32-37-24-14-13-22(47-5)18-27(24)50-32/h9,11,13-14,18,21,23,25-26H,6-8,10,12,15-17,19-20H2,1-5H3,(H,36,44)(H,38,41)(H,39,43)/t21-,23-,25+,26+,35-/m1/s1. The molecule has 2 saturated carbocycles. The van der Waals surface area contributed by atoms with Crippen LogP contribution in [0.25, 0.3) is 10.2 Å². The Bertz CT molecular complexity index is 1830. The summed E-state index contributed by atoms with van der Waals surface area (Å²) < 4.78 is 45.3. The molecule has 3 N–H and O–H groups in total. The van der Waals surface area contributed by atoms with Gasteiger partial charge in [-0.15, -0.1) is 0 Å². The van der Waals surface area contributed by atoms with Crippen molar-refractivity contribution in [2.75, 3.05) is 13.7 Å². The highest BCUT2D eigenvalue weighted by Gasteiger charge is 2.63. The number of allylic oxidation sites excluding steroid dienone is 1. The van der Waals surface area contributed by atoms with Gasteiger partial charge in [0.15, 0.2) is 0 Å². The molecule has 0 bridgehead atoms. The molecular weight excluding hydrogens is 699 g/mol. The van der Waals surface area contributed by atoms with Crippen LogP contribution in [0.15, 0.2) is 30.4 Å². The van der Waals surface area contributed by atoms with Crippen molar-refractivity contribution in [1.29, 1.82) is 0 Å². The Balaban J connectivity index is 1.29. The number of sulfonamides is 1. The first-order valence-electron chi connectivity index (χ1n) is 17.5. The van der Waals surface area contributed by atoms with Crippen molar-refractivity contribution in [3.05, 3.63) is 30.4 Å². The number of hydrogen-bond donors (Lipinski definition) is 3. The number of benzene rings is 1. The van der Waals surface area contributed by atoms with E-state index in [4.69, 9.17) is 14.2 Å². The summed E-state index contributed by atoms with van der Waals surface area (Å²) in [5.74, 6) is -1.64. The molecule has 4 aliphatic rings. The van der Waals surface area contributed by atoms with Gasteiger partial charge < -0.3 is 29.7 Å². The second-order valence-corrected chi connectivity index (χ2v) is 18.4. The summed E-state index contributed by atoms with van der Waals surface area (Å²) in [7, 11) is -2.40. The highest BCUT2D eigenvalue weighted by molar-refractivity contribution is 7.91. The number of rotatable bonds is 7. The fraction of sp³-hybridized carbons (Fsp3) is 0.629. The molecule has 1 saturated heterocycles. The molecule has 14 nitrogen and oxygen atoms in total. The van der Waals surface area contributed by atoms with Gasteiger partial charge in [-0.1, -0.05) is 36.3 Å². The van der Waals surface area contributed by atoms with E-state index in [2.05, 4.69) is 20.3 Å². The predicted octanol–water partition coefficient (Wildman–Crippen LogP) is 3.94. The zero-order valence-corrected chi connectivity index (χ0v) is 31.3. The zero-order valence-electron chi connectivity index (χ0n) is 29.7. The third-order valence-corrected chi connectivity index (χ3v) is 13.1. The molecule has 1 aromatic heterocycles. The van der Waals surface area contributed by atoms with Gasteiger partial charge >= 0.3 is 6.09 Å². The molecule has 2 aliphatic carbocycles. The van der Waals surface area contributed by atoms with Crippen molar-refractivity contribution in [3.8, 4) is 10.9 Å². The number of carbonyl (C=O) groups excluding carboxylic acids is 4. The lowest BCUT2D eigenvalue weighted by Gasteiger charge is -2.30. The Morgan fingerprint density at radius 1 is 1.14 bits per heavy atom. The van der Waals surface area contributed by atoms with Crippen LogP contribution in [-0.2, 0) is 29.1 Å². The number of thiazole rings is 1. The molecule has 0 unspecified atom stereocenters. The summed E-state index contributed by atoms with van der Waals surface area (Å²) in [4.78, 5) is 61.3. The fourth-order valence-corrected chi connectivity index (χ4v) is 8.82. The number of nitrogens with zero attached hydrogens (tertiary/aromatic N) is 2. The molecule has 3 heterocycles. The van der Waals surface area contributed by atoms with Crippen LogP contribution in [-0.4, -0.2) is 89.8 Å². The summed E-state index contributed by atoms with van der Waals surface area (Å²) in [5, 5.41) is 5.96. The molecule has 5 atom stereocenters. The maximum atomic E-state index is 14.4. The molecule has 2 aromatic rings. The van der Waals surface area contributed by atoms with Crippen molar-refractivity contribution in [1.82, 2.24) is 25.2 Å². The molecular formula is C35H47N5O9S2. The number of ether oxygens (including phenoxy) is 3. The molecule has 1 aromatic carbocycles. The van der Waals surface area contributed by atoms with E-state index in [0.29, 0.717) is 48.6 Å². The Kier molecular flexibility index (Phi) is 10.0. The topological polar surface area (TPSA) is 182 Å². The van der Waals surface area contributed by atoms with Gasteiger partial charge in [-0.05, 0) is 84.4 Å². The fourth-order valence-electron chi connectivity index (χ4n) is 6.60. The number of carbonyl (C=O) groups is 4. The number of methoxy groups -OCH3 is 1. The van der Waals surface area contributed by atoms with Crippen molar-refractivity contribution in [3.63, 3.8) is 0 Å². The van der Waals surface area contributed by atoms with E-state index in [1.165, 1.54) is 16.2 Å². The lowest BCUT2D eigenvalue weighted by Crippen LogP contribution is -2.58. The summed E-state index contributed by atoms with van der Waals surface area (Å²) in [5.41, 5.74) is -1.59. The van der Waals surface area contributed by atoms with Gasteiger partial charge in [-0.3, -0.25) is 19.1 Å². The van der Waals surface area contributed by atoms with Gasteiger partial charge in [0.2, 0.25) is 21.8 Å². The molecule has 2 aliphatic heterocycles. The molecule has 0 spiro atoms. The number of aromatic nitrogens is 1. The number of amides is 4. The van der Waals surface area contributed by atoms with Crippen LogP contribution in [0.3, 0.4) is 0 Å². The van der Waals surface area contributed by atoms with Crippen LogP contribution in [0.5, 0.6) is 10.9 Å². The molecule has 4 amide bonds. The zero-order chi connectivity index (χ0) is 36.8. The van der Waals surface area contributed by atoms with Gasteiger partial charge in [0.1, 0.15) is 35.1 Å². The molecule has 3 fully saturated rings. The first kappa shape index (κ1) is 36.9. The smallest absolute Gasteiger partial charge is 0.408 e. The van der Waals surface area contributed by atoms with E-state index >= 15 is 0 Å². The molecule has 6 rings (SSSR count). The number of fused-ring (bicyclic) bond motifs is 3. The van der Waals surface area contributed by atoms with Crippen molar-refractivity contribution >= 4 is 55.4 Å². The average molecular weight is 746 g/mol. The third kappa shape index (κ3) is 8.11. The van der Waals surface area contributed by atoms with Crippen LogP contribution in [0.1, 0.15) is 85.5 Å². The van der Waals surface area contributed by atoms with Gasteiger partial charge in [0.25, 0.3) is 11.1 Å². The maximum Gasteiger partial charge on any atom is 0.408 e. The van der Waals surface area contributed by atoms with Crippen LogP contribution in [0.4, 0.5) is 4.79 Å². The normalized spacial score (nSPS) is 28.0. The van der Waals surface area contributed by atoms with E-state index in [-0.39, 0.29) is 19.4 Å². The molecule has 51 heavy (non-hydrogen) atoms. The minimum absolute atomic E-state index is 0.0118. The first-order valence-corrected chi connectivity index (χ1v) is 19.8. The predicted molar refractivity (Wildman–Crippen MR) is 190 cm³/mol. The first-order chi connectivity index (χ1) is 24.0. The minimum atomic E-state index is -3.97. The van der Waals surface area contributed by atoms with Gasteiger partial charge in [-0.25, -0.2) is 18.2 Å². The Labute approximate surface area is 302 Å². The summed E-state index contributed by atoms with van der Waals surface area (Å²) >= 11 is 1.30. The minimum Gasteiger partial charge on any atom is -0.497 e. The Morgan fingerprint density at radius 2 is 1.90 bits per heavy atom. The molecule has 0 radical (unpaired) electrons. The summed E-state index contributed by atoms with van der Waals surface area (Å²) in [6.07, 6.45) is 6.81. The quantitative estimate of drug-likeness (QED) is 0.351. The molecule has 16 heteroatoms. The monoisotopic (exact) mass is 745 g/mol. The van der Waals surface area contributed by atoms with Crippen molar-refractivity contribution in [2.24, 2.45) is 5.92 Å². The molecule has 278 valence electrons. The van der Waals surface area contributed by atoms with Crippen molar-refractivity contribution in [2.45, 2.75) is 120 Å². The van der Waals surface area contributed by atoms with Crippen molar-refractivity contribution < 1.29 is 41.8 Å². The lowest BCUT2D eigenvalue weighted by molar-refractivity contribution is -0.141. The van der Waals surface area contributed by atoms with Gasteiger partial charge in [0.05, 0.1) is 28.6 Å². The highest BCUT2D eigenvalue weighted by atomic mass is 32.2. The summed E-state index contributed by atoms with van der Waals surface area (Å²) in [6.45, 7) is 6.79. The third-order valence-electron chi connectivity index (χ3n) is 10.0. The van der Waals surface area contributed by atoms with Crippen LogP contribution in [0.2, 0.25) is 0 Å². The van der Waals surface area contributed by atoms with Crippen LogP contribution >= 0.6 is 11.3 Å². The van der Waals surface area contributed by atoms with Crippen LogP contribution < -0.4 is 24.8 Å².